The molecule has 0 aromatic heterocycles. The van der Waals surface area contributed by atoms with Crippen molar-refractivity contribution in [2.24, 2.45) is 11.8 Å². The summed E-state index contributed by atoms with van der Waals surface area (Å²) in [6, 6.07) is 0. The van der Waals surface area contributed by atoms with Gasteiger partial charge in [0.05, 0.1) is 11.7 Å². The summed E-state index contributed by atoms with van der Waals surface area (Å²) in [5.41, 5.74) is -1.59. The Hall–Kier alpha value is -0.810. The van der Waals surface area contributed by atoms with Crippen molar-refractivity contribution in [2.75, 3.05) is 0 Å². The van der Waals surface area contributed by atoms with Crippen molar-refractivity contribution in [3.05, 3.63) is 0 Å². The Morgan fingerprint density at radius 2 is 1.56 bits per heavy atom. The predicted molar refractivity (Wildman–Crippen MR) is 96.3 cm³/mol. The second-order valence-electron chi connectivity index (χ2n) is 8.68. The van der Waals surface area contributed by atoms with Crippen LogP contribution in [0.1, 0.15) is 85.5 Å². The molecule has 0 saturated heterocycles. The fourth-order valence-corrected chi connectivity index (χ4v) is 4.62. The molecule has 2 fully saturated rings. The number of aliphatic hydroxyl groups is 2. The fourth-order valence-electron chi connectivity index (χ4n) is 4.62. The van der Waals surface area contributed by atoms with Gasteiger partial charge in [-0.2, -0.15) is 0 Å². The Bertz CT molecular complexity index is 444. The molecule has 0 spiro atoms. The highest BCUT2D eigenvalue weighted by atomic mass is 16.7. The maximum absolute atomic E-state index is 12.5. The number of hydrogen-bond donors (Lipinski definition) is 2. The zero-order chi connectivity index (χ0) is 18.7. The number of hydrogen-bond acceptors (Lipinski definition) is 5. The van der Waals surface area contributed by atoms with E-state index in [1.165, 1.54) is 0 Å². The van der Waals surface area contributed by atoms with Crippen LogP contribution in [0.15, 0.2) is 0 Å². The summed E-state index contributed by atoms with van der Waals surface area (Å²) in [5.74, 6) is -0.114. The molecule has 25 heavy (non-hydrogen) atoms. The molecule has 5 atom stereocenters. The third-order valence-corrected chi connectivity index (χ3v) is 6.39. The number of aliphatic hydroxyl groups excluding tert-OH is 1. The van der Waals surface area contributed by atoms with Gasteiger partial charge in [0.25, 0.3) is 0 Å². The van der Waals surface area contributed by atoms with Crippen LogP contribution in [0.3, 0.4) is 0 Å². The first-order chi connectivity index (χ1) is 11.7. The maximum Gasteiger partial charge on any atom is 0.509 e. The lowest BCUT2D eigenvalue weighted by Crippen LogP contribution is -2.48. The summed E-state index contributed by atoms with van der Waals surface area (Å²) < 4.78 is 11.4. The van der Waals surface area contributed by atoms with Gasteiger partial charge in [0, 0.05) is 11.8 Å². The van der Waals surface area contributed by atoms with Gasteiger partial charge in [0.15, 0.2) is 0 Å². The first kappa shape index (κ1) is 20.5. The molecule has 2 aliphatic rings. The lowest BCUT2D eigenvalue weighted by atomic mass is 9.74. The SMILES string of the molecule is CCC(C)(OC(=O)OC1CCCCC1C(C)(C)O)C1CCCCC1O. The Kier molecular flexibility index (Phi) is 6.77. The van der Waals surface area contributed by atoms with E-state index in [1.807, 2.05) is 13.8 Å². The summed E-state index contributed by atoms with van der Waals surface area (Å²) >= 11 is 0. The van der Waals surface area contributed by atoms with Crippen molar-refractivity contribution in [1.82, 2.24) is 0 Å². The van der Waals surface area contributed by atoms with Crippen molar-refractivity contribution >= 4 is 6.16 Å². The zero-order valence-corrected chi connectivity index (χ0v) is 16.3. The van der Waals surface area contributed by atoms with Gasteiger partial charge in [-0.3, -0.25) is 0 Å². The Balaban J connectivity index is 2.01. The monoisotopic (exact) mass is 356 g/mol. The highest BCUT2D eigenvalue weighted by molar-refractivity contribution is 5.61. The number of ether oxygens (including phenoxy) is 2. The van der Waals surface area contributed by atoms with E-state index in [-0.39, 0.29) is 17.9 Å². The summed E-state index contributed by atoms with van der Waals surface area (Å²) in [5, 5.41) is 20.7. The third kappa shape index (κ3) is 5.10. The van der Waals surface area contributed by atoms with Gasteiger partial charge in [-0.15, -0.1) is 0 Å². The van der Waals surface area contributed by atoms with Crippen LogP contribution in [0.2, 0.25) is 0 Å². The van der Waals surface area contributed by atoms with Crippen LogP contribution >= 0.6 is 0 Å². The minimum absolute atomic E-state index is 0.0461. The number of carbonyl (C=O) groups excluding carboxylic acids is 1. The van der Waals surface area contributed by atoms with Crippen LogP contribution < -0.4 is 0 Å². The largest absolute Gasteiger partial charge is 0.509 e. The zero-order valence-electron chi connectivity index (χ0n) is 16.3. The molecule has 0 aromatic rings. The normalized spacial score (nSPS) is 33.4. The highest BCUT2D eigenvalue weighted by Crippen LogP contribution is 2.39. The number of rotatable bonds is 5. The fraction of sp³-hybridized carbons (Fsp3) is 0.950. The summed E-state index contributed by atoms with van der Waals surface area (Å²) in [7, 11) is 0. The molecule has 5 unspecified atom stereocenters. The van der Waals surface area contributed by atoms with E-state index in [0.717, 1.165) is 51.4 Å². The van der Waals surface area contributed by atoms with Crippen LogP contribution in [-0.2, 0) is 9.47 Å². The van der Waals surface area contributed by atoms with Gasteiger partial charge < -0.3 is 19.7 Å². The molecule has 0 radical (unpaired) electrons. The molecule has 0 aromatic carbocycles. The van der Waals surface area contributed by atoms with Crippen molar-refractivity contribution in [2.45, 2.75) is 109 Å². The highest BCUT2D eigenvalue weighted by Gasteiger charge is 2.44. The van der Waals surface area contributed by atoms with Crippen LogP contribution in [-0.4, -0.2) is 39.8 Å². The third-order valence-electron chi connectivity index (χ3n) is 6.39. The van der Waals surface area contributed by atoms with E-state index in [0.29, 0.717) is 6.42 Å². The van der Waals surface area contributed by atoms with Gasteiger partial charge in [-0.05, 0) is 59.3 Å². The molecule has 146 valence electrons. The first-order valence-electron chi connectivity index (χ1n) is 9.97. The van der Waals surface area contributed by atoms with E-state index in [4.69, 9.17) is 9.47 Å². The smallest absolute Gasteiger partial charge is 0.431 e. The molecule has 0 bridgehead atoms. The topological polar surface area (TPSA) is 76.0 Å². The van der Waals surface area contributed by atoms with Crippen LogP contribution in [0.5, 0.6) is 0 Å². The van der Waals surface area contributed by atoms with Crippen molar-refractivity contribution in [1.29, 1.82) is 0 Å². The molecule has 2 rings (SSSR count). The molecular weight excluding hydrogens is 320 g/mol. The molecule has 5 nitrogen and oxygen atoms in total. The van der Waals surface area contributed by atoms with E-state index in [9.17, 15) is 15.0 Å². The van der Waals surface area contributed by atoms with Crippen molar-refractivity contribution in [3.8, 4) is 0 Å². The standard InChI is InChI=1S/C20H36O5/c1-5-20(4,14-10-6-8-12-16(14)21)25-18(22)24-17-13-9-7-11-15(17)19(2,3)23/h14-17,21,23H,5-13H2,1-4H3. The minimum Gasteiger partial charge on any atom is -0.431 e. The van der Waals surface area contributed by atoms with Crippen LogP contribution in [0.25, 0.3) is 0 Å². The molecule has 2 saturated carbocycles. The lowest BCUT2D eigenvalue weighted by molar-refractivity contribution is -0.128. The van der Waals surface area contributed by atoms with Crippen molar-refractivity contribution in [3.63, 3.8) is 0 Å². The van der Waals surface area contributed by atoms with E-state index in [2.05, 4.69) is 0 Å². The second-order valence-corrected chi connectivity index (χ2v) is 8.68. The Morgan fingerprint density at radius 1 is 1.00 bits per heavy atom. The maximum atomic E-state index is 12.5. The first-order valence-corrected chi connectivity index (χ1v) is 9.97. The average Bonchev–Trinajstić information content (AvgIpc) is 2.54. The molecular formula is C20H36O5. The molecule has 0 heterocycles. The van der Waals surface area contributed by atoms with Gasteiger partial charge >= 0.3 is 6.16 Å². The number of carbonyl (C=O) groups is 1. The Labute approximate surface area is 152 Å². The van der Waals surface area contributed by atoms with Crippen LogP contribution in [0.4, 0.5) is 4.79 Å². The lowest BCUT2D eigenvalue weighted by Gasteiger charge is -2.42. The Morgan fingerprint density at radius 3 is 2.12 bits per heavy atom. The molecule has 2 aliphatic carbocycles. The summed E-state index contributed by atoms with van der Waals surface area (Å²) in [4.78, 5) is 12.5. The molecule has 0 aliphatic heterocycles. The quantitative estimate of drug-likeness (QED) is 0.722. The molecule has 2 N–H and O–H groups in total. The second kappa shape index (κ2) is 8.26. The molecule has 5 heteroatoms. The van der Waals surface area contributed by atoms with E-state index >= 15 is 0 Å². The van der Waals surface area contributed by atoms with Gasteiger partial charge in [-0.25, -0.2) is 4.79 Å². The van der Waals surface area contributed by atoms with Gasteiger partial charge in [0.1, 0.15) is 11.7 Å². The van der Waals surface area contributed by atoms with Crippen molar-refractivity contribution < 1.29 is 24.5 Å². The predicted octanol–water partition coefficient (Wildman–Crippen LogP) is 4.19. The summed E-state index contributed by atoms with van der Waals surface area (Å²) in [6.07, 6.45) is 6.62. The van der Waals surface area contributed by atoms with E-state index in [1.54, 1.807) is 13.8 Å². The van der Waals surface area contributed by atoms with E-state index < -0.39 is 23.5 Å². The van der Waals surface area contributed by atoms with Crippen LogP contribution in [0, 0.1) is 11.8 Å². The average molecular weight is 357 g/mol. The van der Waals surface area contributed by atoms with Gasteiger partial charge in [-0.1, -0.05) is 26.2 Å². The minimum atomic E-state index is -0.876. The molecule has 0 amide bonds. The van der Waals surface area contributed by atoms with Gasteiger partial charge in [0.2, 0.25) is 0 Å². The summed E-state index contributed by atoms with van der Waals surface area (Å²) in [6.45, 7) is 7.44.